The van der Waals surface area contributed by atoms with E-state index >= 15 is 0 Å². The zero-order chi connectivity index (χ0) is 15.9. The highest BCUT2D eigenvalue weighted by molar-refractivity contribution is 6.42. The summed E-state index contributed by atoms with van der Waals surface area (Å²) in [5.74, 6) is 0.412. The maximum Gasteiger partial charge on any atom is 0.106 e. The molecule has 2 rings (SSSR count). The number of aliphatic imine (C=N–C) groups is 1. The molecule has 0 spiro atoms. The van der Waals surface area contributed by atoms with Gasteiger partial charge in [0.15, 0.2) is 0 Å². The van der Waals surface area contributed by atoms with Crippen LogP contribution in [0.25, 0.3) is 0 Å². The number of nitrogens with one attached hydrogen (secondary N) is 1. The SMILES string of the molecule is CON=C(CCC(C)C1=CNC=NC1)c1ccc(Cl)c(Cl)c1. The highest BCUT2D eigenvalue weighted by Crippen LogP contribution is 2.25. The average molecular weight is 340 g/mol. The molecule has 0 aromatic heterocycles. The van der Waals surface area contributed by atoms with Crippen LogP contribution < -0.4 is 5.32 Å². The van der Waals surface area contributed by atoms with E-state index in [0.717, 1.165) is 30.7 Å². The molecule has 0 radical (unpaired) electrons. The normalized spacial score (nSPS) is 16.0. The van der Waals surface area contributed by atoms with Crippen LogP contribution in [0.1, 0.15) is 25.3 Å². The summed E-state index contributed by atoms with van der Waals surface area (Å²) in [6.45, 7) is 2.94. The van der Waals surface area contributed by atoms with Gasteiger partial charge in [0.2, 0.25) is 0 Å². The fraction of sp³-hybridized carbons (Fsp3) is 0.375. The molecular weight excluding hydrogens is 321 g/mol. The smallest absolute Gasteiger partial charge is 0.106 e. The predicted molar refractivity (Wildman–Crippen MR) is 93.0 cm³/mol. The second-order valence-corrected chi connectivity index (χ2v) is 5.96. The summed E-state index contributed by atoms with van der Waals surface area (Å²) in [4.78, 5) is 9.20. The zero-order valence-corrected chi connectivity index (χ0v) is 14.2. The lowest BCUT2D eigenvalue weighted by molar-refractivity contribution is 0.212. The Morgan fingerprint density at radius 3 is 2.86 bits per heavy atom. The highest BCUT2D eigenvalue weighted by atomic mass is 35.5. The van der Waals surface area contributed by atoms with Crippen LogP contribution in [-0.4, -0.2) is 25.7 Å². The Morgan fingerprint density at radius 1 is 1.41 bits per heavy atom. The molecule has 1 atom stereocenters. The van der Waals surface area contributed by atoms with Gasteiger partial charge in [-0.25, -0.2) is 0 Å². The number of rotatable bonds is 6. The Hall–Kier alpha value is -1.52. The third-order valence-corrected chi connectivity index (χ3v) is 4.35. The van der Waals surface area contributed by atoms with Crippen molar-refractivity contribution >= 4 is 35.3 Å². The summed E-state index contributed by atoms with van der Waals surface area (Å²) >= 11 is 12.0. The Balaban J connectivity index is 2.04. The van der Waals surface area contributed by atoms with Gasteiger partial charge in [0.25, 0.3) is 0 Å². The van der Waals surface area contributed by atoms with Crippen molar-refractivity contribution in [3.8, 4) is 0 Å². The van der Waals surface area contributed by atoms with Gasteiger partial charge in [-0.05, 0) is 36.5 Å². The quantitative estimate of drug-likeness (QED) is 0.621. The molecule has 1 unspecified atom stereocenters. The molecule has 1 aliphatic rings. The van der Waals surface area contributed by atoms with Gasteiger partial charge >= 0.3 is 0 Å². The third kappa shape index (κ3) is 4.49. The first-order chi connectivity index (χ1) is 10.6. The number of oxime groups is 1. The van der Waals surface area contributed by atoms with Gasteiger partial charge < -0.3 is 10.2 Å². The molecule has 1 aliphatic heterocycles. The van der Waals surface area contributed by atoms with Gasteiger partial charge in [-0.3, -0.25) is 4.99 Å². The van der Waals surface area contributed by atoms with Gasteiger partial charge in [0.1, 0.15) is 7.11 Å². The molecule has 0 aliphatic carbocycles. The minimum Gasteiger partial charge on any atom is -0.399 e. The zero-order valence-electron chi connectivity index (χ0n) is 12.6. The third-order valence-electron chi connectivity index (χ3n) is 3.61. The molecule has 118 valence electrons. The first-order valence-electron chi connectivity index (χ1n) is 7.10. The molecule has 22 heavy (non-hydrogen) atoms. The number of benzene rings is 1. The van der Waals surface area contributed by atoms with Crippen molar-refractivity contribution in [1.82, 2.24) is 5.32 Å². The van der Waals surface area contributed by atoms with Crippen LogP contribution in [0.15, 0.2) is 40.1 Å². The topological polar surface area (TPSA) is 46.0 Å². The van der Waals surface area contributed by atoms with Gasteiger partial charge in [-0.2, -0.15) is 0 Å². The Labute approximate surface area is 140 Å². The van der Waals surface area contributed by atoms with Crippen LogP contribution in [0.5, 0.6) is 0 Å². The van der Waals surface area contributed by atoms with Crippen LogP contribution >= 0.6 is 23.2 Å². The summed E-state index contributed by atoms with van der Waals surface area (Å²) in [6, 6.07) is 5.50. The molecule has 0 bridgehead atoms. The summed E-state index contributed by atoms with van der Waals surface area (Å²) < 4.78 is 0. The molecule has 1 N–H and O–H groups in total. The lowest BCUT2D eigenvalue weighted by Gasteiger charge is -2.17. The number of halogens is 2. The molecule has 1 aromatic carbocycles. The van der Waals surface area contributed by atoms with E-state index in [1.54, 1.807) is 19.5 Å². The largest absolute Gasteiger partial charge is 0.399 e. The lowest BCUT2D eigenvalue weighted by atomic mass is 9.93. The van der Waals surface area contributed by atoms with Crippen LogP contribution in [-0.2, 0) is 4.84 Å². The van der Waals surface area contributed by atoms with Gasteiger partial charge in [0, 0.05) is 11.8 Å². The van der Waals surface area contributed by atoms with Gasteiger partial charge in [-0.1, -0.05) is 41.3 Å². The van der Waals surface area contributed by atoms with Gasteiger partial charge in [0.05, 0.1) is 28.6 Å². The van der Waals surface area contributed by atoms with Crippen molar-refractivity contribution in [2.24, 2.45) is 16.1 Å². The second-order valence-electron chi connectivity index (χ2n) is 5.14. The Kier molecular flexibility index (Phi) is 6.28. The predicted octanol–water partition coefficient (Wildman–Crippen LogP) is 4.28. The fourth-order valence-corrected chi connectivity index (χ4v) is 2.56. The first kappa shape index (κ1) is 16.8. The van der Waals surface area contributed by atoms with E-state index in [0.29, 0.717) is 16.0 Å². The molecule has 0 fully saturated rings. The van der Waals surface area contributed by atoms with E-state index in [1.807, 2.05) is 18.3 Å². The van der Waals surface area contributed by atoms with E-state index in [1.165, 1.54) is 5.57 Å². The molecular formula is C16H19Cl2N3O. The van der Waals surface area contributed by atoms with Crippen molar-refractivity contribution in [3.05, 3.63) is 45.6 Å². The molecule has 1 aromatic rings. The van der Waals surface area contributed by atoms with E-state index in [4.69, 9.17) is 28.0 Å². The Bertz CT molecular complexity index is 611. The molecule has 0 saturated heterocycles. The van der Waals surface area contributed by atoms with E-state index < -0.39 is 0 Å². The standard InChI is InChI=1S/C16H19Cl2N3O/c1-11(13-8-19-10-20-9-13)3-6-16(21-22-2)12-4-5-14(17)15(18)7-12/h4-5,7-8,10-11H,3,6,9H2,1-2H3,(H,19,20). The molecule has 0 saturated carbocycles. The monoisotopic (exact) mass is 339 g/mol. The minimum atomic E-state index is 0.412. The van der Waals surface area contributed by atoms with Crippen LogP contribution in [0, 0.1) is 5.92 Å². The van der Waals surface area contributed by atoms with E-state index in [2.05, 4.69) is 22.4 Å². The molecule has 0 amide bonds. The van der Waals surface area contributed by atoms with Crippen molar-refractivity contribution in [2.45, 2.75) is 19.8 Å². The second kappa shape index (κ2) is 8.20. The van der Waals surface area contributed by atoms with Crippen molar-refractivity contribution in [1.29, 1.82) is 0 Å². The van der Waals surface area contributed by atoms with Gasteiger partial charge in [-0.15, -0.1) is 0 Å². The number of hydrogen-bond acceptors (Lipinski definition) is 4. The summed E-state index contributed by atoms with van der Waals surface area (Å²) in [5.41, 5.74) is 3.08. The highest BCUT2D eigenvalue weighted by Gasteiger charge is 2.14. The maximum atomic E-state index is 6.08. The van der Waals surface area contributed by atoms with Crippen LogP contribution in [0.4, 0.5) is 0 Å². The van der Waals surface area contributed by atoms with Crippen molar-refractivity contribution in [3.63, 3.8) is 0 Å². The average Bonchev–Trinajstić information content (AvgIpc) is 2.54. The molecule has 4 nitrogen and oxygen atoms in total. The van der Waals surface area contributed by atoms with Crippen LogP contribution in [0.3, 0.4) is 0 Å². The summed E-state index contributed by atoms with van der Waals surface area (Å²) in [7, 11) is 1.54. The maximum absolute atomic E-state index is 6.08. The molecule has 1 heterocycles. The lowest BCUT2D eigenvalue weighted by Crippen LogP contribution is -2.16. The first-order valence-corrected chi connectivity index (χ1v) is 7.86. The Morgan fingerprint density at radius 2 is 2.23 bits per heavy atom. The van der Waals surface area contributed by atoms with Crippen LogP contribution in [0.2, 0.25) is 10.0 Å². The van der Waals surface area contributed by atoms with Crippen molar-refractivity contribution in [2.75, 3.05) is 13.7 Å². The van der Waals surface area contributed by atoms with E-state index in [-0.39, 0.29) is 0 Å². The molecule has 6 heteroatoms. The fourth-order valence-electron chi connectivity index (χ4n) is 2.26. The minimum absolute atomic E-state index is 0.412. The number of nitrogens with zero attached hydrogens (tertiary/aromatic N) is 2. The summed E-state index contributed by atoms with van der Waals surface area (Å²) in [5, 5.41) is 8.22. The summed E-state index contributed by atoms with van der Waals surface area (Å²) in [6.07, 6.45) is 5.47. The number of hydrogen-bond donors (Lipinski definition) is 1. The van der Waals surface area contributed by atoms with E-state index in [9.17, 15) is 0 Å². The van der Waals surface area contributed by atoms with Crippen molar-refractivity contribution < 1.29 is 4.84 Å².